The molecule has 0 heterocycles. The van der Waals surface area contributed by atoms with Crippen LogP contribution in [0, 0.1) is 0 Å². The van der Waals surface area contributed by atoms with Crippen molar-refractivity contribution in [1.29, 1.82) is 0 Å². The van der Waals surface area contributed by atoms with E-state index in [2.05, 4.69) is 12.2 Å². The molecular formula is C26H29NO4. The lowest BCUT2D eigenvalue weighted by molar-refractivity contribution is 0.318. The number of phenolic OH excluding ortho intramolecular Hbond substituents is 2. The van der Waals surface area contributed by atoms with Crippen LogP contribution in [-0.2, 0) is 0 Å². The Morgan fingerprint density at radius 3 is 2.06 bits per heavy atom. The number of allylic oxidation sites excluding steroid dienone is 1. The predicted octanol–water partition coefficient (Wildman–Crippen LogP) is 5.07. The minimum Gasteiger partial charge on any atom is -0.508 e. The molecule has 0 aliphatic carbocycles. The molecule has 0 spiro atoms. The van der Waals surface area contributed by atoms with Crippen LogP contribution in [0.15, 0.2) is 66.7 Å². The standard InChI is InChI=1S/C26H29NO4/c1-4-23(20-9-14-24(29)25(17-20)30-3)26(18-5-10-21(28)11-6-18)19-7-12-22(13-8-19)31-16-15-27-2/h5-14,17,27-29H,4,15-16H2,1-3H3/b26-23-. The Hall–Kier alpha value is -3.44. The molecule has 3 rings (SSSR count). The summed E-state index contributed by atoms with van der Waals surface area (Å²) < 4.78 is 11.1. The third-order valence-electron chi connectivity index (χ3n) is 5.10. The molecule has 0 atom stereocenters. The second-order valence-corrected chi connectivity index (χ2v) is 7.12. The van der Waals surface area contributed by atoms with E-state index in [1.807, 2.05) is 55.6 Å². The zero-order valence-corrected chi connectivity index (χ0v) is 18.2. The first kappa shape index (κ1) is 22.2. The van der Waals surface area contributed by atoms with Crippen molar-refractivity contribution < 1.29 is 19.7 Å². The second kappa shape index (κ2) is 10.5. The number of nitrogens with one attached hydrogen (secondary N) is 1. The van der Waals surface area contributed by atoms with Gasteiger partial charge in [-0.1, -0.05) is 37.3 Å². The lowest BCUT2D eigenvalue weighted by Crippen LogP contribution is -2.15. The van der Waals surface area contributed by atoms with Gasteiger partial charge in [-0.05, 0) is 77.7 Å². The van der Waals surface area contributed by atoms with Gasteiger partial charge >= 0.3 is 0 Å². The van der Waals surface area contributed by atoms with Gasteiger partial charge in [-0.15, -0.1) is 0 Å². The number of hydrogen-bond acceptors (Lipinski definition) is 5. The van der Waals surface area contributed by atoms with E-state index in [9.17, 15) is 10.2 Å². The highest BCUT2D eigenvalue weighted by atomic mass is 16.5. The van der Waals surface area contributed by atoms with Crippen molar-refractivity contribution in [2.24, 2.45) is 0 Å². The van der Waals surface area contributed by atoms with Crippen LogP contribution in [0.3, 0.4) is 0 Å². The smallest absolute Gasteiger partial charge is 0.161 e. The van der Waals surface area contributed by atoms with Crippen LogP contribution in [0.1, 0.15) is 30.0 Å². The summed E-state index contributed by atoms with van der Waals surface area (Å²) in [7, 11) is 3.44. The van der Waals surface area contributed by atoms with Crippen molar-refractivity contribution >= 4 is 11.1 Å². The Morgan fingerprint density at radius 2 is 1.48 bits per heavy atom. The van der Waals surface area contributed by atoms with Crippen molar-refractivity contribution in [3.8, 4) is 23.0 Å². The fourth-order valence-corrected chi connectivity index (χ4v) is 3.52. The summed E-state index contributed by atoms with van der Waals surface area (Å²) in [6, 6.07) is 20.6. The van der Waals surface area contributed by atoms with E-state index in [0.717, 1.165) is 46.6 Å². The number of phenols is 2. The van der Waals surface area contributed by atoms with E-state index in [1.165, 1.54) is 0 Å². The second-order valence-electron chi connectivity index (χ2n) is 7.12. The number of rotatable bonds is 9. The molecule has 31 heavy (non-hydrogen) atoms. The van der Waals surface area contributed by atoms with Crippen LogP contribution in [0.25, 0.3) is 11.1 Å². The average molecular weight is 420 g/mol. The van der Waals surface area contributed by atoms with Gasteiger partial charge in [0.15, 0.2) is 11.5 Å². The van der Waals surface area contributed by atoms with Crippen LogP contribution in [0.2, 0.25) is 0 Å². The number of ether oxygens (including phenoxy) is 2. The monoisotopic (exact) mass is 419 g/mol. The molecule has 0 saturated carbocycles. The summed E-state index contributed by atoms with van der Waals surface area (Å²) in [5.74, 6) is 1.58. The molecule has 0 amide bonds. The highest BCUT2D eigenvalue weighted by Crippen LogP contribution is 2.38. The number of methoxy groups -OCH3 is 1. The zero-order chi connectivity index (χ0) is 22.2. The summed E-state index contributed by atoms with van der Waals surface area (Å²) in [6.45, 7) is 3.48. The van der Waals surface area contributed by atoms with Gasteiger partial charge in [-0.25, -0.2) is 0 Å². The van der Waals surface area contributed by atoms with Crippen molar-refractivity contribution in [3.63, 3.8) is 0 Å². The largest absolute Gasteiger partial charge is 0.508 e. The molecule has 5 nitrogen and oxygen atoms in total. The molecule has 0 unspecified atom stereocenters. The summed E-state index contributed by atoms with van der Waals surface area (Å²) >= 11 is 0. The highest BCUT2D eigenvalue weighted by molar-refractivity contribution is 5.98. The summed E-state index contributed by atoms with van der Waals surface area (Å²) in [5.41, 5.74) is 5.15. The Labute approximate surface area is 183 Å². The third-order valence-corrected chi connectivity index (χ3v) is 5.10. The topological polar surface area (TPSA) is 71.0 Å². The average Bonchev–Trinajstić information content (AvgIpc) is 2.79. The molecule has 0 bridgehead atoms. The van der Waals surface area contributed by atoms with Gasteiger partial charge in [0.2, 0.25) is 0 Å². The van der Waals surface area contributed by atoms with Crippen LogP contribution in [0.5, 0.6) is 23.0 Å². The van der Waals surface area contributed by atoms with Crippen molar-refractivity contribution in [2.45, 2.75) is 13.3 Å². The van der Waals surface area contributed by atoms with E-state index in [4.69, 9.17) is 9.47 Å². The zero-order valence-electron chi connectivity index (χ0n) is 18.2. The lowest BCUT2D eigenvalue weighted by Gasteiger charge is -2.18. The normalized spacial score (nSPS) is 11.7. The van der Waals surface area contributed by atoms with Gasteiger partial charge in [0.25, 0.3) is 0 Å². The van der Waals surface area contributed by atoms with Gasteiger partial charge in [0.05, 0.1) is 7.11 Å². The van der Waals surface area contributed by atoms with Gasteiger partial charge < -0.3 is 25.0 Å². The van der Waals surface area contributed by atoms with Crippen LogP contribution >= 0.6 is 0 Å². The summed E-state index contributed by atoms with van der Waals surface area (Å²) in [5, 5.41) is 22.9. The SMILES string of the molecule is CC/C(=C(\c1ccc(O)cc1)c1ccc(OCCNC)cc1)c1ccc(O)c(OC)c1. The molecule has 3 aromatic carbocycles. The molecule has 0 fully saturated rings. The maximum atomic E-state index is 10.0. The van der Waals surface area contributed by atoms with Gasteiger partial charge in [-0.3, -0.25) is 0 Å². The van der Waals surface area contributed by atoms with Gasteiger partial charge in [0, 0.05) is 6.54 Å². The van der Waals surface area contributed by atoms with E-state index >= 15 is 0 Å². The Morgan fingerprint density at radius 1 is 0.871 bits per heavy atom. The molecule has 162 valence electrons. The fraction of sp³-hybridized carbons (Fsp3) is 0.231. The maximum Gasteiger partial charge on any atom is 0.161 e. The quantitative estimate of drug-likeness (QED) is 0.334. The number of hydrogen-bond donors (Lipinski definition) is 3. The van der Waals surface area contributed by atoms with Crippen LogP contribution in [-0.4, -0.2) is 37.5 Å². The lowest BCUT2D eigenvalue weighted by atomic mass is 9.88. The molecule has 0 radical (unpaired) electrons. The molecule has 3 aromatic rings. The first-order chi connectivity index (χ1) is 15.1. The first-order valence-corrected chi connectivity index (χ1v) is 10.3. The van der Waals surface area contributed by atoms with Gasteiger partial charge in [0.1, 0.15) is 18.1 Å². The first-order valence-electron chi connectivity index (χ1n) is 10.3. The minimum atomic E-state index is 0.107. The fourth-order valence-electron chi connectivity index (χ4n) is 3.52. The Kier molecular flexibility index (Phi) is 7.57. The summed E-state index contributed by atoms with van der Waals surface area (Å²) in [6.07, 6.45) is 0.768. The van der Waals surface area contributed by atoms with Crippen molar-refractivity contribution in [3.05, 3.63) is 83.4 Å². The Balaban J connectivity index is 2.12. The third kappa shape index (κ3) is 5.38. The van der Waals surface area contributed by atoms with Crippen molar-refractivity contribution in [1.82, 2.24) is 5.32 Å². The van der Waals surface area contributed by atoms with E-state index in [1.54, 1.807) is 25.3 Å². The van der Waals surface area contributed by atoms with E-state index in [0.29, 0.717) is 12.4 Å². The molecule has 0 saturated heterocycles. The van der Waals surface area contributed by atoms with Crippen molar-refractivity contribution in [2.75, 3.05) is 27.3 Å². The molecule has 0 aliphatic heterocycles. The molecule has 0 aliphatic rings. The minimum absolute atomic E-state index is 0.107. The number of likely N-dealkylation sites (N-methyl/N-ethyl adjacent to an activating group) is 1. The molecule has 3 N–H and O–H groups in total. The molecular weight excluding hydrogens is 390 g/mol. The molecule has 5 heteroatoms. The Bertz CT molecular complexity index is 1020. The number of aromatic hydroxyl groups is 2. The predicted molar refractivity (Wildman–Crippen MR) is 125 cm³/mol. The summed E-state index contributed by atoms with van der Waals surface area (Å²) in [4.78, 5) is 0. The maximum absolute atomic E-state index is 10.0. The van der Waals surface area contributed by atoms with Crippen LogP contribution < -0.4 is 14.8 Å². The molecule has 0 aromatic heterocycles. The van der Waals surface area contributed by atoms with E-state index in [-0.39, 0.29) is 11.5 Å². The highest BCUT2D eigenvalue weighted by Gasteiger charge is 2.15. The van der Waals surface area contributed by atoms with Crippen LogP contribution in [0.4, 0.5) is 0 Å². The van der Waals surface area contributed by atoms with E-state index < -0.39 is 0 Å². The number of benzene rings is 3. The van der Waals surface area contributed by atoms with Gasteiger partial charge in [-0.2, -0.15) is 0 Å².